The average molecular weight is 316 g/mol. The van der Waals surface area contributed by atoms with Gasteiger partial charge in [-0.05, 0) is 31.4 Å². The highest BCUT2D eigenvalue weighted by Crippen LogP contribution is 2.22. The number of H-pyrrole nitrogens is 1. The lowest BCUT2D eigenvalue weighted by Crippen LogP contribution is -2.02. The van der Waals surface area contributed by atoms with Crippen LogP contribution in [0.15, 0.2) is 24.4 Å². The molecule has 3 aromatic rings. The Morgan fingerprint density at radius 1 is 1.45 bits per heavy atom. The van der Waals surface area contributed by atoms with Gasteiger partial charge in [0.05, 0.1) is 17.4 Å². The first-order valence-electron chi connectivity index (χ1n) is 7.00. The molecule has 0 aliphatic heterocycles. The van der Waals surface area contributed by atoms with Crippen LogP contribution in [-0.4, -0.2) is 32.8 Å². The first-order chi connectivity index (χ1) is 10.6. The highest BCUT2D eigenvalue weighted by molar-refractivity contribution is 7.17. The van der Waals surface area contributed by atoms with Crippen molar-refractivity contribution in [2.75, 3.05) is 11.9 Å². The van der Waals surface area contributed by atoms with Gasteiger partial charge in [-0.2, -0.15) is 5.10 Å². The number of thiazole rings is 1. The van der Waals surface area contributed by atoms with Gasteiger partial charge in [0.2, 0.25) is 0 Å². The van der Waals surface area contributed by atoms with Gasteiger partial charge in [0.15, 0.2) is 5.13 Å². The summed E-state index contributed by atoms with van der Waals surface area (Å²) in [7, 11) is 0. The summed E-state index contributed by atoms with van der Waals surface area (Å²) >= 11 is 1.18. The van der Waals surface area contributed by atoms with Crippen molar-refractivity contribution in [2.24, 2.45) is 0 Å². The number of hydrogen-bond donors (Lipinski definition) is 3. The van der Waals surface area contributed by atoms with Crippen molar-refractivity contribution in [3.63, 3.8) is 0 Å². The number of rotatable bonds is 6. The summed E-state index contributed by atoms with van der Waals surface area (Å²) in [6.45, 7) is 2.46. The van der Waals surface area contributed by atoms with Gasteiger partial charge in [0.1, 0.15) is 4.88 Å². The van der Waals surface area contributed by atoms with E-state index >= 15 is 0 Å². The third kappa shape index (κ3) is 2.94. The Hall–Kier alpha value is -2.41. The summed E-state index contributed by atoms with van der Waals surface area (Å²) < 4.78 is 0. The zero-order chi connectivity index (χ0) is 15.5. The molecule has 0 amide bonds. The predicted octanol–water partition coefficient (Wildman–Crippen LogP) is 3.07. The number of aryl methyl sites for hydroxylation is 2. The smallest absolute Gasteiger partial charge is 0.347 e. The Kier molecular flexibility index (Phi) is 4.06. The Bertz CT molecular complexity index is 809. The molecule has 7 heteroatoms. The number of nitrogens with zero attached hydrogens (tertiary/aromatic N) is 2. The number of benzene rings is 1. The maximum Gasteiger partial charge on any atom is 0.347 e. The topological polar surface area (TPSA) is 90.9 Å². The number of nitrogens with one attached hydrogen (secondary N) is 2. The molecule has 0 aliphatic rings. The van der Waals surface area contributed by atoms with E-state index in [2.05, 4.69) is 26.6 Å². The van der Waals surface area contributed by atoms with Gasteiger partial charge in [-0.15, -0.1) is 0 Å². The van der Waals surface area contributed by atoms with Gasteiger partial charge in [-0.3, -0.25) is 5.10 Å². The number of carboxylic acids is 1. The molecule has 0 aliphatic carbocycles. The highest BCUT2D eigenvalue weighted by Gasteiger charge is 2.13. The molecule has 22 heavy (non-hydrogen) atoms. The van der Waals surface area contributed by atoms with Crippen LogP contribution in [0.5, 0.6) is 0 Å². The Balaban J connectivity index is 1.57. The number of aromatic carboxylic acids is 1. The molecule has 2 aromatic heterocycles. The molecule has 0 bridgehead atoms. The molecule has 114 valence electrons. The number of hydrogen-bond acceptors (Lipinski definition) is 5. The van der Waals surface area contributed by atoms with Crippen molar-refractivity contribution < 1.29 is 9.90 Å². The monoisotopic (exact) mass is 316 g/mol. The lowest BCUT2D eigenvalue weighted by molar-refractivity contribution is 0.0701. The van der Waals surface area contributed by atoms with E-state index in [-0.39, 0.29) is 0 Å². The third-order valence-corrected chi connectivity index (χ3v) is 4.57. The highest BCUT2D eigenvalue weighted by atomic mass is 32.1. The van der Waals surface area contributed by atoms with Crippen LogP contribution in [0.4, 0.5) is 5.13 Å². The molecule has 0 saturated carbocycles. The molecule has 3 N–H and O–H groups in total. The summed E-state index contributed by atoms with van der Waals surface area (Å²) in [6, 6.07) is 6.14. The van der Waals surface area contributed by atoms with E-state index in [1.165, 1.54) is 16.9 Å². The lowest BCUT2D eigenvalue weighted by Gasteiger charge is -2.04. The fraction of sp³-hybridized carbons (Fsp3) is 0.267. The van der Waals surface area contributed by atoms with E-state index in [1.54, 1.807) is 6.92 Å². The minimum absolute atomic E-state index is 0.297. The van der Waals surface area contributed by atoms with E-state index in [4.69, 9.17) is 5.11 Å². The minimum atomic E-state index is -0.922. The third-order valence-electron chi connectivity index (χ3n) is 3.47. The summed E-state index contributed by atoms with van der Waals surface area (Å²) in [5, 5.41) is 21.1. The SMILES string of the molecule is Cc1nc(NCCCc2cccc3[nH]ncc23)sc1C(=O)O. The van der Waals surface area contributed by atoms with Crippen molar-refractivity contribution >= 4 is 33.3 Å². The Morgan fingerprint density at radius 2 is 2.32 bits per heavy atom. The summed E-state index contributed by atoms with van der Waals surface area (Å²) in [5.74, 6) is -0.922. The molecule has 6 nitrogen and oxygen atoms in total. The maximum atomic E-state index is 11.0. The minimum Gasteiger partial charge on any atom is -0.477 e. The van der Waals surface area contributed by atoms with Gasteiger partial charge < -0.3 is 10.4 Å². The number of carbonyl (C=O) groups is 1. The van der Waals surface area contributed by atoms with Crippen molar-refractivity contribution in [3.8, 4) is 0 Å². The Morgan fingerprint density at radius 3 is 3.09 bits per heavy atom. The molecule has 0 atom stereocenters. The Labute approximate surface area is 131 Å². The predicted molar refractivity (Wildman–Crippen MR) is 86.7 cm³/mol. The molecular weight excluding hydrogens is 300 g/mol. The molecule has 0 unspecified atom stereocenters. The molecule has 0 radical (unpaired) electrons. The standard InChI is InChI=1S/C15H16N4O2S/c1-9-13(14(20)21)22-15(18-9)16-7-3-5-10-4-2-6-12-11(10)8-17-19-12/h2,4,6,8H,3,5,7H2,1H3,(H,16,18)(H,17,19)(H,20,21). The fourth-order valence-electron chi connectivity index (χ4n) is 2.39. The van der Waals surface area contributed by atoms with E-state index in [0.29, 0.717) is 15.7 Å². The van der Waals surface area contributed by atoms with Crippen LogP contribution in [0.25, 0.3) is 10.9 Å². The average Bonchev–Trinajstić information content (AvgIpc) is 3.10. The number of fused-ring (bicyclic) bond motifs is 1. The quantitative estimate of drug-likeness (QED) is 0.608. The largest absolute Gasteiger partial charge is 0.477 e. The van der Waals surface area contributed by atoms with Gasteiger partial charge in [-0.25, -0.2) is 9.78 Å². The zero-order valence-electron chi connectivity index (χ0n) is 12.1. The van der Waals surface area contributed by atoms with Crippen LogP contribution < -0.4 is 5.32 Å². The van der Waals surface area contributed by atoms with Crippen LogP contribution in [0.3, 0.4) is 0 Å². The first-order valence-corrected chi connectivity index (χ1v) is 7.82. The van der Waals surface area contributed by atoms with E-state index in [9.17, 15) is 4.79 Å². The molecule has 3 rings (SSSR count). The number of carboxylic acid groups (broad SMARTS) is 1. The second kappa shape index (κ2) is 6.15. The first kappa shape index (κ1) is 14.5. The van der Waals surface area contributed by atoms with E-state index in [1.807, 2.05) is 18.3 Å². The van der Waals surface area contributed by atoms with Gasteiger partial charge in [-0.1, -0.05) is 23.5 Å². The summed E-state index contributed by atoms with van der Waals surface area (Å²) in [4.78, 5) is 15.5. The van der Waals surface area contributed by atoms with E-state index in [0.717, 1.165) is 30.3 Å². The van der Waals surface area contributed by atoms with Crippen molar-refractivity contribution in [1.29, 1.82) is 0 Å². The molecule has 0 spiro atoms. The number of aromatic nitrogens is 3. The van der Waals surface area contributed by atoms with Gasteiger partial charge in [0, 0.05) is 11.9 Å². The second-order valence-corrected chi connectivity index (χ2v) is 6.02. The van der Waals surface area contributed by atoms with Crippen molar-refractivity contribution in [2.45, 2.75) is 19.8 Å². The lowest BCUT2D eigenvalue weighted by atomic mass is 10.1. The van der Waals surface area contributed by atoms with Crippen LogP contribution in [-0.2, 0) is 6.42 Å². The number of anilines is 1. The van der Waals surface area contributed by atoms with E-state index < -0.39 is 5.97 Å². The van der Waals surface area contributed by atoms with Crippen molar-refractivity contribution in [1.82, 2.24) is 15.2 Å². The summed E-state index contributed by atoms with van der Waals surface area (Å²) in [6.07, 6.45) is 3.72. The molecule has 2 heterocycles. The second-order valence-electron chi connectivity index (χ2n) is 5.02. The fourth-order valence-corrected chi connectivity index (χ4v) is 3.22. The molecule has 1 aromatic carbocycles. The summed E-state index contributed by atoms with van der Waals surface area (Å²) in [5.41, 5.74) is 2.87. The van der Waals surface area contributed by atoms with Crippen LogP contribution in [0, 0.1) is 6.92 Å². The van der Waals surface area contributed by atoms with Crippen molar-refractivity contribution in [3.05, 3.63) is 40.5 Å². The molecule has 0 saturated heterocycles. The molecular formula is C15H16N4O2S. The van der Waals surface area contributed by atoms with Crippen LogP contribution in [0.2, 0.25) is 0 Å². The molecule has 0 fully saturated rings. The zero-order valence-corrected chi connectivity index (χ0v) is 12.9. The number of aromatic amines is 1. The maximum absolute atomic E-state index is 11.0. The van der Waals surface area contributed by atoms with Gasteiger partial charge in [0.25, 0.3) is 0 Å². The normalized spacial score (nSPS) is 11.0. The van der Waals surface area contributed by atoms with Crippen LogP contribution >= 0.6 is 11.3 Å². The van der Waals surface area contributed by atoms with Crippen LogP contribution in [0.1, 0.15) is 27.3 Å². The van der Waals surface area contributed by atoms with Gasteiger partial charge >= 0.3 is 5.97 Å².